The molecular formula is C28H31FN4O5. The quantitative estimate of drug-likeness (QED) is 0.227. The number of benzene rings is 3. The summed E-state index contributed by atoms with van der Waals surface area (Å²) in [6.07, 6.45) is 0.264. The molecule has 2 amide bonds. The summed E-state index contributed by atoms with van der Waals surface area (Å²) < 4.78 is 29.2. The van der Waals surface area contributed by atoms with Gasteiger partial charge in [0.25, 0.3) is 0 Å². The summed E-state index contributed by atoms with van der Waals surface area (Å²) in [7, 11) is 4.40. The number of hydrogen-bond donors (Lipinski definition) is 4. The van der Waals surface area contributed by atoms with Gasteiger partial charge in [-0.15, -0.1) is 0 Å². The van der Waals surface area contributed by atoms with E-state index in [0.717, 1.165) is 5.56 Å². The fraction of sp³-hybridized carbons (Fsp3) is 0.250. The molecule has 0 saturated carbocycles. The molecule has 0 aromatic heterocycles. The largest absolute Gasteiger partial charge is 0.494 e. The average molecular weight is 523 g/mol. The van der Waals surface area contributed by atoms with E-state index in [0.29, 0.717) is 22.6 Å². The van der Waals surface area contributed by atoms with Crippen molar-refractivity contribution in [3.63, 3.8) is 0 Å². The van der Waals surface area contributed by atoms with E-state index in [1.54, 1.807) is 24.3 Å². The Kier molecular flexibility index (Phi) is 10.0. The average Bonchev–Trinajstić information content (AvgIpc) is 2.92. The van der Waals surface area contributed by atoms with Crippen molar-refractivity contribution < 1.29 is 28.2 Å². The van der Waals surface area contributed by atoms with Gasteiger partial charge in [0.2, 0.25) is 11.8 Å². The van der Waals surface area contributed by atoms with Gasteiger partial charge in [0.1, 0.15) is 6.04 Å². The van der Waals surface area contributed by atoms with Crippen molar-refractivity contribution >= 4 is 17.8 Å². The summed E-state index contributed by atoms with van der Waals surface area (Å²) in [5.41, 5.74) is 2.18. The molecule has 0 aliphatic carbocycles. The van der Waals surface area contributed by atoms with Crippen LogP contribution in [0, 0.1) is 11.2 Å². The van der Waals surface area contributed by atoms with Gasteiger partial charge in [-0.3, -0.25) is 20.3 Å². The molecule has 0 saturated heterocycles. The van der Waals surface area contributed by atoms with E-state index in [9.17, 15) is 14.0 Å². The van der Waals surface area contributed by atoms with Crippen LogP contribution >= 0.6 is 0 Å². The lowest BCUT2D eigenvalue weighted by molar-refractivity contribution is -0.123. The van der Waals surface area contributed by atoms with Crippen LogP contribution < -0.4 is 30.2 Å². The normalized spacial score (nSPS) is 11.2. The summed E-state index contributed by atoms with van der Waals surface area (Å²) in [4.78, 5) is 25.6. The third-order valence-corrected chi connectivity index (χ3v) is 5.68. The topological polar surface area (TPSA) is 122 Å². The highest BCUT2D eigenvalue weighted by Gasteiger charge is 2.21. The van der Waals surface area contributed by atoms with Crippen molar-refractivity contribution in [3.05, 3.63) is 89.2 Å². The first-order valence-electron chi connectivity index (χ1n) is 11.8. The molecular weight excluding hydrogens is 491 g/mol. The van der Waals surface area contributed by atoms with Gasteiger partial charge in [-0.2, -0.15) is 0 Å². The van der Waals surface area contributed by atoms with Gasteiger partial charge in [-0.1, -0.05) is 42.5 Å². The monoisotopic (exact) mass is 522 g/mol. The van der Waals surface area contributed by atoms with Crippen LogP contribution in [0.2, 0.25) is 0 Å². The third kappa shape index (κ3) is 7.95. The van der Waals surface area contributed by atoms with Crippen LogP contribution in [-0.2, 0) is 29.0 Å². The Labute approximate surface area is 220 Å². The maximum atomic E-state index is 13.7. The van der Waals surface area contributed by atoms with Gasteiger partial charge in [-0.25, -0.2) is 4.39 Å². The number of ether oxygens (including phenoxy) is 3. The van der Waals surface area contributed by atoms with Crippen LogP contribution in [0.3, 0.4) is 0 Å². The number of rotatable bonds is 11. The maximum absolute atomic E-state index is 13.7. The predicted octanol–water partition coefficient (Wildman–Crippen LogP) is 2.96. The molecule has 4 N–H and O–H groups in total. The molecule has 10 heteroatoms. The lowest BCUT2D eigenvalue weighted by Crippen LogP contribution is -2.52. The SMILES string of the molecule is COc1cc(CNC(=O)[C@@H](Cc2ccccc2)NC(=N)NC(=O)Cc2ccc(OC)c(OC)c2)ccc1F. The van der Waals surface area contributed by atoms with Gasteiger partial charge in [0.15, 0.2) is 29.0 Å². The van der Waals surface area contributed by atoms with Gasteiger partial charge < -0.3 is 24.8 Å². The first-order chi connectivity index (χ1) is 18.3. The van der Waals surface area contributed by atoms with Crippen molar-refractivity contribution in [2.75, 3.05) is 21.3 Å². The highest BCUT2D eigenvalue weighted by atomic mass is 19.1. The van der Waals surface area contributed by atoms with Crippen LogP contribution in [0.25, 0.3) is 0 Å². The van der Waals surface area contributed by atoms with Crippen LogP contribution in [-0.4, -0.2) is 45.1 Å². The molecule has 9 nitrogen and oxygen atoms in total. The Bertz CT molecular complexity index is 1270. The predicted molar refractivity (Wildman–Crippen MR) is 141 cm³/mol. The Morgan fingerprint density at radius 2 is 1.50 bits per heavy atom. The molecule has 0 unspecified atom stereocenters. The summed E-state index contributed by atoms with van der Waals surface area (Å²) in [6.45, 7) is 0.126. The smallest absolute Gasteiger partial charge is 0.243 e. The minimum absolute atomic E-state index is 0.00758. The standard InChI is InChI=1S/C28H31FN4O5/c1-36-23-12-10-19(14-25(23)38-3)16-26(34)33-28(30)32-22(13-18-7-5-4-6-8-18)27(35)31-17-20-9-11-21(29)24(15-20)37-2/h4-12,14-15,22H,13,16-17H2,1-3H3,(H,31,35)(H3,30,32,33,34)/t22-/m1/s1. The summed E-state index contributed by atoms with van der Waals surface area (Å²) in [5, 5.41) is 16.3. The summed E-state index contributed by atoms with van der Waals surface area (Å²) >= 11 is 0. The Balaban J connectivity index is 1.64. The Morgan fingerprint density at radius 1 is 0.842 bits per heavy atom. The Hall–Kier alpha value is -4.60. The summed E-state index contributed by atoms with van der Waals surface area (Å²) in [6, 6.07) is 17.9. The van der Waals surface area contributed by atoms with Crippen LogP contribution in [0.4, 0.5) is 4.39 Å². The van der Waals surface area contributed by atoms with E-state index in [2.05, 4.69) is 16.0 Å². The van der Waals surface area contributed by atoms with Crippen LogP contribution in [0.1, 0.15) is 16.7 Å². The second kappa shape index (κ2) is 13.6. The summed E-state index contributed by atoms with van der Waals surface area (Å²) in [5.74, 6) is -0.527. The zero-order valence-electron chi connectivity index (χ0n) is 21.5. The zero-order chi connectivity index (χ0) is 27.5. The first-order valence-corrected chi connectivity index (χ1v) is 11.8. The van der Waals surface area contributed by atoms with E-state index in [4.69, 9.17) is 19.6 Å². The molecule has 1 atom stereocenters. The first kappa shape index (κ1) is 28.0. The second-order valence-electron chi connectivity index (χ2n) is 8.36. The number of methoxy groups -OCH3 is 3. The van der Waals surface area contributed by atoms with Crippen LogP contribution in [0.5, 0.6) is 17.2 Å². The molecule has 0 radical (unpaired) electrons. The highest BCUT2D eigenvalue weighted by molar-refractivity contribution is 5.98. The van der Waals surface area contributed by atoms with E-state index in [1.807, 2.05) is 30.3 Å². The lowest BCUT2D eigenvalue weighted by Gasteiger charge is -2.20. The number of carbonyl (C=O) groups is 2. The molecule has 0 spiro atoms. The van der Waals surface area contributed by atoms with Crippen molar-refractivity contribution in [3.8, 4) is 17.2 Å². The lowest BCUT2D eigenvalue weighted by atomic mass is 10.1. The number of guanidine groups is 1. The number of nitrogens with one attached hydrogen (secondary N) is 4. The molecule has 0 aliphatic heterocycles. The van der Waals surface area contributed by atoms with Gasteiger partial charge in [0.05, 0.1) is 27.8 Å². The third-order valence-electron chi connectivity index (χ3n) is 5.68. The van der Waals surface area contributed by atoms with Crippen LogP contribution in [0.15, 0.2) is 66.7 Å². The van der Waals surface area contributed by atoms with Crippen molar-refractivity contribution in [1.29, 1.82) is 5.41 Å². The molecule has 0 bridgehead atoms. The zero-order valence-corrected chi connectivity index (χ0v) is 21.5. The Morgan fingerprint density at radius 3 is 2.18 bits per heavy atom. The van der Waals surface area contributed by atoms with Crippen molar-refractivity contribution in [1.82, 2.24) is 16.0 Å². The van der Waals surface area contributed by atoms with Crippen molar-refractivity contribution in [2.24, 2.45) is 0 Å². The fourth-order valence-corrected chi connectivity index (χ4v) is 3.76. The fourth-order valence-electron chi connectivity index (χ4n) is 3.76. The van der Waals surface area contributed by atoms with E-state index in [-0.39, 0.29) is 31.1 Å². The molecule has 200 valence electrons. The molecule has 0 heterocycles. The molecule has 3 aromatic carbocycles. The van der Waals surface area contributed by atoms with E-state index >= 15 is 0 Å². The molecule has 3 rings (SSSR count). The molecule has 0 aliphatic rings. The minimum Gasteiger partial charge on any atom is -0.494 e. The number of carbonyl (C=O) groups excluding carboxylic acids is 2. The maximum Gasteiger partial charge on any atom is 0.243 e. The number of hydrogen-bond acceptors (Lipinski definition) is 6. The van der Waals surface area contributed by atoms with Gasteiger partial charge >= 0.3 is 0 Å². The number of halogens is 1. The molecule has 0 fully saturated rings. The molecule has 38 heavy (non-hydrogen) atoms. The van der Waals surface area contributed by atoms with Gasteiger partial charge in [0, 0.05) is 13.0 Å². The van der Waals surface area contributed by atoms with Gasteiger partial charge in [-0.05, 0) is 41.0 Å². The van der Waals surface area contributed by atoms with Crippen molar-refractivity contribution in [2.45, 2.75) is 25.4 Å². The highest BCUT2D eigenvalue weighted by Crippen LogP contribution is 2.27. The van der Waals surface area contributed by atoms with E-state index < -0.39 is 23.7 Å². The molecule has 3 aromatic rings. The van der Waals surface area contributed by atoms with E-state index in [1.165, 1.54) is 33.5 Å². The number of amides is 2. The minimum atomic E-state index is -0.853. The second-order valence-corrected chi connectivity index (χ2v) is 8.36.